The summed E-state index contributed by atoms with van der Waals surface area (Å²) in [7, 11) is 0. The maximum Gasteiger partial charge on any atom is 0.0456 e. The average Bonchev–Trinajstić information content (AvgIpc) is 3.04. The third-order valence-electron chi connectivity index (χ3n) is 9.78. The van der Waals surface area contributed by atoms with Gasteiger partial charge >= 0.3 is 0 Å². The van der Waals surface area contributed by atoms with Gasteiger partial charge in [0, 0.05) is 6.61 Å². The van der Waals surface area contributed by atoms with Crippen LogP contribution in [0.3, 0.4) is 0 Å². The molecule has 1 saturated carbocycles. The van der Waals surface area contributed by atoms with Crippen molar-refractivity contribution in [3.63, 3.8) is 0 Å². The lowest BCUT2D eigenvalue weighted by Gasteiger charge is -2.53. The van der Waals surface area contributed by atoms with Crippen LogP contribution in [-0.2, 0) is 0 Å². The molecule has 0 aromatic rings. The first-order chi connectivity index (χ1) is 13.4. The minimum Gasteiger partial charge on any atom is -0.396 e. The second kappa shape index (κ2) is 7.93. The van der Waals surface area contributed by atoms with E-state index in [1.54, 1.807) is 5.57 Å². The van der Waals surface area contributed by atoms with Crippen LogP contribution < -0.4 is 0 Å². The van der Waals surface area contributed by atoms with Crippen LogP contribution in [0.25, 0.3) is 0 Å². The lowest BCUT2D eigenvalue weighted by atomic mass is 9.52. The summed E-state index contributed by atoms with van der Waals surface area (Å²) < 4.78 is 0. The molecule has 1 unspecified atom stereocenters. The maximum absolute atomic E-state index is 9.31. The van der Waals surface area contributed by atoms with Gasteiger partial charge in [0.2, 0.25) is 0 Å². The van der Waals surface area contributed by atoms with E-state index in [1.807, 2.05) is 11.1 Å². The second-order valence-electron chi connectivity index (χ2n) is 11.4. The number of allylic oxidation sites excluding steroid dienone is 4. The molecule has 0 aliphatic heterocycles. The van der Waals surface area contributed by atoms with E-state index >= 15 is 0 Å². The molecule has 0 radical (unpaired) electrons. The Morgan fingerprint density at radius 1 is 1.04 bits per heavy atom. The van der Waals surface area contributed by atoms with E-state index in [0.29, 0.717) is 23.4 Å². The minimum atomic E-state index is 0.345. The van der Waals surface area contributed by atoms with E-state index < -0.39 is 0 Å². The molecule has 1 fully saturated rings. The molecule has 0 heterocycles. The van der Waals surface area contributed by atoms with Gasteiger partial charge in [0.05, 0.1) is 0 Å². The molecule has 0 amide bonds. The van der Waals surface area contributed by atoms with Crippen molar-refractivity contribution in [2.75, 3.05) is 6.61 Å². The molecule has 1 nitrogen and oxygen atoms in total. The fraction of sp³-hybridized carbons (Fsp3) is 0.852. The maximum atomic E-state index is 9.31. The molecule has 4 aliphatic carbocycles. The monoisotopic (exact) mass is 384 g/mol. The molecule has 158 valence electrons. The Labute approximate surface area is 174 Å². The summed E-state index contributed by atoms with van der Waals surface area (Å²) in [5.41, 5.74) is 6.48. The Morgan fingerprint density at radius 3 is 2.64 bits per heavy atom. The van der Waals surface area contributed by atoms with Crippen LogP contribution in [-0.4, -0.2) is 11.7 Å². The highest BCUT2D eigenvalue weighted by Gasteiger charge is 2.52. The topological polar surface area (TPSA) is 20.2 Å². The first-order valence-corrected chi connectivity index (χ1v) is 12.4. The van der Waals surface area contributed by atoms with Gasteiger partial charge in [-0.05, 0) is 97.0 Å². The molecular weight excluding hydrogens is 340 g/mol. The van der Waals surface area contributed by atoms with Gasteiger partial charge in [0.1, 0.15) is 0 Å². The smallest absolute Gasteiger partial charge is 0.0456 e. The zero-order valence-electron chi connectivity index (χ0n) is 19.0. The van der Waals surface area contributed by atoms with Crippen LogP contribution in [0.2, 0.25) is 0 Å². The summed E-state index contributed by atoms with van der Waals surface area (Å²) in [4.78, 5) is 0. The first-order valence-electron chi connectivity index (χ1n) is 12.4. The summed E-state index contributed by atoms with van der Waals surface area (Å²) in [5.74, 6) is 3.06. The minimum absolute atomic E-state index is 0.345. The van der Waals surface area contributed by atoms with Crippen molar-refractivity contribution < 1.29 is 5.11 Å². The molecule has 6 atom stereocenters. The van der Waals surface area contributed by atoms with E-state index in [-0.39, 0.29) is 0 Å². The lowest BCUT2D eigenvalue weighted by Crippen LogP contribution is -2.41. The number of aliphatic hydroxyl groups is 1. The molecule has 1 heteroatoms. The van der Waals surface area contributed by atoms with Crippen LogP contribution in [0.4, 0.5) is 0 Å². The quantitative estimate of drug-likeness (QED) is 0.504. The highest BCUT2D eigenvalue weighted by Crippen LogP contribution is 2.64. The van der Waals surface area contributed by atoms with Gasteiger partial charge in [0.25, 0.3) is 0 Å². The SMILES string of the molecule is CC(CO)CCC[C@@H](C)[C@H]1CC=C2C3=C(CC[C@@]21C)[C@@]1(C)CCCC[C@@H]1CC3. The number of aliphatic hydroxyl groups excluding tert-OH is 1. The summed E-state index contributed by atoms with van der Waals surface area (Å²) in [6, 6.07) is 0. The van der Waals surface area contributed by atoms with Crippen LogP contribution in [0.5, 0.6) is 0 Å². The molecule has 0 saturated heterocycles. The lowest BCUT2D eigenvalue weighted by molar-refractivity contribution is 0.106. The van der Waals surface area contributed by atoms with E-state index in [4.69, 9.17) is 0 Å². The molecule has 0 aromatic heterocycles. The Balaban J connectivity index is 1.50. The molecule has 4 rings (SSSR count). The number of rotatable bonds is 6. The highest BCUT2D eigenvalue weighted by molar-refractivity contribution is 5.49. The van der Waals surface area contributed by atoms with Gasteiger partial charge in [-0.25, -0.2) is 0 Å². The van der Waals surface area contributed by atoms with E-state index in [0.717, 1.165) is 17.8 Å². The fourth-order valence-corrected chi connectivity index (χ4v) is 7.87. The molecule has 0 aromatic carbocycles. The summed E-state index contributed by atoms with van der Waals surface area (Å²) in [6.45, 7) is 10.3. The van der Waals surface area contributed by atoms with Gasteiger partial charge in [-0.3, -0.25) is 0 Å². The summed E-state index contributed by atoms with van der Waals surface area (Å²) >= 11 is 0. The molecule has 0 spiro atoms. The molecular formula is C27H44O. The van der Waals surface area contributed by atoms with Gasteiger partial charge in [-0.15, -0.1) is 0 Å². The van der Waals surface area contributed by atoms with Gasteiger partial charge in [0.15, 0.2) is 0 Å². The van der Waals surface area contributed by atoms with Crippen molar-refractivity contribution in [3.05, 3.63) is 22.8 Å². The number of hydrogen-bond acceptors (Lipinski definition) is 1. The van der Waals surface area contributed by atoms with Crippen molar-refractivity contribution in [3.8, 4) is 0 Å². The van der Waals surface area contributed by atoms with Gasteiger partial charge in [-0.2, -0.15) is 0 Å². The molecule has 1 N–H and O–H groups in total. The first kappa shape index (κ1) is 20.7. The standard InChI is InChI=1S/C27H44O/c1-19(18-28)8-7-9-20(2)23-13-14-24-22-12-11-21-10-5-6-16-26(21,3)25(22)15-17-27(23,24)4/h14,19-21,23,28H,5-13,15-18H2,1-4H3/t19?,20-,21-,23-,26+,27-/m1/s1. The number of fused-ring (bicyclic) bond motifs is 4. The van der Waals surface area contributed by atoms with Crippen LogP contribution in [0.1, 0.15) is 105 Å². The van der Waals surface area contributed by atoms with Crippen LogP contribution in [0, 0.1) is 34.5 Å². The van der Waals surface area contributed by atoms with Crippen molar-refractivity contribution in [2.24, 2.45) is 34.5 Å². The summed E-state index contributed by atoms with van der Waals surface area (Å²) in [5, 5.41) is 9.31. The van der Waals surface area contributed by atoms with Crippen molar-refractivity contribution in [1.82, 2.24) is 0 Å². The van der Waals surface area contributed by atoms with E-state index in [2.05, 4.69) is 33.8 Å². The molecule has 0 bridgehead atoms. The van der Waals surface area contributed by atoms with Gasteiger partial charge in [-0.1, -0.05) is 65.0 Å². The highest BCUT2D eigenvalue weighted by atomic mass is 16.3. The van der Waals surface area contributed by atoms with Crippen molar-refractivity contribution in [2.45, 2.75) is 105 Å². The van der Waals surface area contributed by atoms with E-state index in [9.17, 15) is 5.11 Å². The third kappa shape index (κ3) is 3.34. The molecule has 28 heavy (non-hydrogen) atoms. The van der Waals surface area contributed by atoms with Crippen molar-refractivity contribution in [1.29, 1.82) is 0 Å². The Hall–Kier alpha value is -0.560. The average molecular weight is 385 g/mol. The Morgan fingerprint density at radius 2 is 1.86 bits per heavy atom. The molecule has 4 aliphatic rings. The predicted octanol–water partition coefficient (Wildman–Crippen LogP) is 7.45. The van der Waals surface area contributed by atoms with Crippen LogP contribution >= 0.6 is 0 Å². The zero-order chi connectivity index (χ0) is 19.9. The van der Waals surface area contributed by atoms with Gasteiger partial charge < -0.3 is 5.11 Å². The number of hydrogen-bond donors (Lipinski definition) is 1. The van der Waals surface area contributed by atoms with Crippen molar-refractivity contribution >= 4 is 0 Å². The largest absolute Gasteiger partial charge is 0.396 e. The third-order valence-corrected chi connectivity index (χ3v) is 9.78. The normalized spacial score (nSPS) is 39.7. The predicted molar refractivity (Wildman–Crippen MR) is 119 cm³/mol. The fourth-order valence-electron chi connectivity index (χ4n) is 7.87. The Kier molecular flexibility index (Phi) is 5.87. The van der Waals surface area contributed by atoms with E-state index in [1.165, 1.54) is 77.0 Å². The summed E-state index contributed by atoms with van der Waals surface area (Å²) in [6.07, 6.45) is 19.2. The van der Waals surface area contributed by atoms with Crippen LogP contribution in [0.15, 0.2) is 22.8 Å². The zero-order valence-corrected chi connectivity index (χ0v) is 19.0. The Bertz CT molecular complexity index is 643. The second-order valence-corrected chi connectivity index (χ2v) is 11.4.